The maximum atomic E-state index is 14.2. The van der Waals surface area contributed by atoms with Gasteiger partial charge in [0.2, 0.25) is 11.7 Å². The molecule has 0 aliphatic carbocycles. The molecule has 15 heteroatoms. The van der Waals surface area contributed by atoms with E-state index in [9.17, 15) is 27.6 Å². The minimum atomic E-state index is -4.60. The van der Waals surface area contributed by atoms with E-state index in [2.05, 4.69) is 15.4 Å². The van der Waals surface area contributed by atoms with Crippen molar-refractivity contribution in [1.29, 1.82) is 0 Å². The van der Waals surface area contributed by atoms with Crippen LogP contribution in [-0.2, 0) is 33.4 Å². The molecule has 0 radical (unpaired) electrons. The highest BCUT2D eigenvalue weighted by atomic mass is 35.5. The highest BCUT2D eigenvalue weighted by Gasteiger charge is 2.31. The maximum Gasteiger partial charge on any atom is 0.416 e. The number of carbonyl (C=O) groups is 2. The Labute approximate surface area is 274 Å². The lowest BCUT2D eigenvalue weighted by Crippen LogP contribution is -2.37. The number of ether oxygens (including phenoxy) is 2. The van der Waals surface area contributed by atoms with Gasteiger partial charge in [-0.15, -0.1) is 5.10 Å². The molecule has 11 nitrogen and oxygen atoms in total. The van der Waals surface area contributed by atoms with Gasteiger partial charge in [0.15, 0.2) is 5.82 Å². The van der Waals surface area contributed by atoms with Crippen LogP contribution >= 0.6 is 11.6 Å². The number of halogens is 4. The largest absolute Gasteiger partial charge is 0.444 e. The number of rotatable bonds is 6. The molecule has 0 fully saturated rings. The van der Waals surface area contributed by atoms with Crippen LogP contribution in [0.15, 0.2) is 35.1 Å². The lowest BCUT2D eigenvalue weighted by atomic mass is 9.99. The van der Waals surface area contributed by atoms with Crippen molar-refractivity contribution in [3.63, 3.8) is 0 Å². The Bertz CT molecular complexity index is 1820. The number of fused-ring (bicyclic) bond motifs is 1. The predicted molar refractivity (Wildman–Crippen MR) is 170 cm³/mol. The third-order valence-electron chi connectivity index (χ3n) is 7.71. The predicted octanol–water partition coefficient (Wildman–Crippen LogP) is 5.98. The van der Waals surface area contributed by atoms with Crippen LogP contribution in [0.1, 0.15) is 69.6 Å². The van der Waals surface area contributed by atoms with Crippen LogP contribution < -0.4 is 10.9 Å². The molecule has 0 saturated carbocycles. The molecule has 1 aromatic carbocycles. The topological polar surface area (TPSA) is 120 Å². The van der Waals surface area contributed by atoms with E-state index in [-0.39, 0.29) is 29.6 Å². The van der Waals surface area contributed by atoms with Crippen LogP contribution in [0, 0.1) is 0 Å². The van der Waals surface area contributed by atoms with Crippen LogP contribution in [0.4, 0.5) is 23.7 Å². The van der Waals surface area contributed by atoms with Crippen LogP contribution in [0.3, 0.4) is 0 Å². The summed E-state index contributed by atoms with van der Waals surface area (Å²) in [6.45, 7) is 8.36. The van der Waals surface area contributed by atoms with Gasteiger partial charge in [-0.2, -0.15) is 22.7 Å². The number of allylic oxidation sites excluding steroid dienone is 1. The fourth-order valence-electron chi connectivity index (χ4n) is 5.54. The summed E-state index contributed by atoms with van der Waals surface area (Å²) in [4.78, 5) is 46.7. The summed E-state index contributed by atoms with van der Waals surface area (Å²) in [6, 6.07) is 2.67. The second kappa shape index (κ2) is 13.5. The Morgan fingerprint density at radius 3 is 2.53 bits per heavy atom. The number of hydrogen-bond acceptors (Lipinski definition) is 7. The Hall–Kier alpha value is -4.17. The molecule has 2 amide bonds. The fraction of sp³-hybridized carbons (Fsp3) is 0.469. The van der Waals surface area contributed by atoms with Gasteiger partial charge in [0, 0.05) is 18.8 Å². The molecule has 2 aliphatic heterocycles. The molecule has 0 spiro atoms. The number of alkyl halides is 3. The van der Waals surface area contributed by atoms with Crippen molar-refractivity contribution in [1.82, 2.24) is 24.1 Å². The van der Waals surface area contributed by atoms with Crippen LogP contribution in [0.2, 0.25) is 5.02 Å². The molecule has 0 atom stereocenters. The first-order valence-corrected chi connectivity index (χ1v) is 15.7. The van der Waals surface area contributed by atoms with Gasteiger partial charge in [-0.05, 0) is 75.8 Å². The average Bonchev–Trinajstić information content (AvgIpc) is 3.31. The number of nitrogens with one attached hydrogen (secondary N) is 1. The summed E-state index contributed by atoms with van der Waals surface area (Å²) in [5.41, 5.74) is 0.346. The number of anilines is 1. The van der Waals surface area contributed by atoms with Crippen LogP contribution in [-0.4, -0.2) is 68.0 Å². The minimum Gasteiger partial charge on any atom is -0.444 e. The summed E-state index contributed by atoms with van der Waals surface area (Å²) in [5.74, 6) is -0.134. The Balaban J connectivity index is 1.57. The molecule has 0 bridgehead atoms. The third kappa shape index (κ3) is 7.70. The summed E-state index contributed by atoms with van der Waals surface area (Å²) >= 11 is 6.11. The summed E-state index contributed by atoms with van der Waals surface area (Å²) in [6.07, 6.45) is 0.526. The molecule has 4 heterocycles. The summed E-state index contributed by atoms with van der Waals surface area (Å²) < 4.78 is 53.2. The lowest BCUT2D eigenvalue weighted by molar-refractivity contribution is -0.137. The zero-order chi connectivity index (χ0) is 34.1. The molecule has 47 heavy (non-hydrogen) atoms. The first-order valence-electron chi connectivity index (χ1n) is 15.3. The number of benzene rings is 1. The van der Waals surface area contributed by atoms with Gasteiger partial charge in [0.1, 0.15) is 12.1 Å². The van der Waals surface area contributed by atoms with Crippen molar-refractivity contribution < 1.29 is 32.2 Å². The van der Waals surface area contributed by atoms with E-state index in [1.54, 1.807) is 30.2 Å². The van der Waals surface area contributed by atoms with Gasteiger partial charge in [-0.25, -0.2) is 4.79 Å². The monoisotopic (exact) mass is 676 g/mol. The smallest absolute Gasteiger partial charge is 0.416 e. The molecule has 3 aromatic rings. The zero-order valence-corrected chi connectivity index (χ0v) is 27.3. The normalized spacial score (nSPS) is 16.0. The Kier molecular flexibility index (Phi) is 9.83. The lowest BCUT2D eigenvalue weighted by Gasteiger charge is -2.25. The van der Waals surface area contributed by atoms with Crippen molar-refractivity contribution >= 4 is 46.2 Å². The van der Waals surface area contributed by atoms with Crippen molar-refractivity contribution in [3.05, 3.63) is 68.4 Å². The number of carbonyl (C=O) groups excluding carboxylic acids is 2. The summed E-state index contributed by atoms with van der Waals surface area (Å²) in [7, 11) is 0. The van der Waals surface area contributed by atoms with Crippen molar-refractivity contribution in [2.24, 2.45) is 0 Å². The number of hydrogen-bond donors (Lipinski definition) is 1. The van der Waals surface area contributed by atoms with Gasteiger partial charge in [-0.1, -0.05) is 30.7 Å². The van der Waals surface area contributed by atoms with Crippen molar-refractivity contribution in [3.8, 4) is 0 Å². The number of amides is 2. The quantitative estimate of drug-likeness (QED) is 0.341. The fourth-order valence-corrected chi connectivity index (χ4v) is 5.77. The number of nitrogens with zero attached hydrogens (tertiary/aromatic N) is 5. The molecular formula is C32H36ClF3N6O5. The molecule has 2 aromatic heterocycles. The van der Waals surface area contributed by atoms with Gasteiger partial charge >= 0.3 is 12.3 Å². The van der Waals surface area contributed by atoms with Crippen molar-refractivity contribution in [2.75, 3.05) is 31.6 Å². The maximum absolute atomic E-state index is 14.2. The van der Waals surface area contributed by atoms with E-state index in [1.165, 1.54) is 4.52 Å². The first-order chi connectivity index (χ1) is 22.2. The van der Waals surface area contributed by atoms with E-state index < -0.39 is 34.9 Å². The SMILES string of the molecule is CCc1c(C2=CCN(C(=O)OC(C)(C)C)CCC2)c(=O)n2nc(C3=CCOCC3)nc2n1CC(=O)Nc1ccc(C(F)(F)F)cc1Cl. The van der Waals surface area contributed by atoms with E-state index in [0.29, 0.717) is 68.1 Å². The standard InChI is InChI=1S/C32H36ClF3N6O5/c1-5-24-26(19-7-6-13-40(14-10-19)30(45)47-31(2,3)4)28(44)42-29(38-27(39-42)20-11-15-46-16-12-20)41(24)18-25(43)37-23-9-8-21(17-22(23)33)32(34,35)36/h8-11,17H,5-7,12-16,18H2,1-4H3,(H,37,43). The van der Waals surface area contributed by atoms with E-state index in [0.717, 1.165) is 23.8 Å². The minimum absolute atomic E-state index is 0.00299. The van der Waals surface area contributed by atoms with Gasteiger partial charge in [0.05, 0.1) is 35.1 Å². The Morgan fingerprint density at radius 1 is 1.13 bits per heavy atom. The zero-order valence-electron chi connectivity index (χ0n) is 26.5. The average molecular weight is 677 g/mol. The van der Waals surface area contributed by atoms with Gasteiger partial charge in [-0.3, -0.25) is 9.59 Å². The van der Waals surface area contributed by atoms with E-state index >= 15 is 0 Å². The molecule has 5 rings (SSSR count). The Morgan fingerprint density at radius 2 is 1.89 bits per heavy atom. The second-order valence-corrected chi connectivity index (χ2v) is 12.7. The van der Waals surface area contributed by atoms with Crippen molar-refractivity contribution in [2.45, 2.75) is 71.7 Å². The molecule has 2 aliphatic rings. The third-order valence-corrected chi connectivity index (χ3v) is 8.03. The molecule has 252 valence electrons. The van der Waals surface area contributed by atoms with E-state index in [1.807, 2.05) is 19.1 Å². The highest BCUT2D eigenvalue weighted by molar-refractivity contribution is 6.33. The molecule has 0 saturated heterocycles. The number of aromatic nitrogens is 4. The van der Waals surface area contributed by atoms with Gasteiger partial charge in [0.25, 0.3) is 5.56 Å². The molecular weight excluding hydrogens is 641 g/mol. The highest BCUT2D eigenvalue weighted by Crippen LogP contribution is 2.34. The molecule has 1 N–H and O–H groups in total. The second-order valence-electron chi connectivity index (χ2n) is 12.3. The van der Waals surface area contributed by atoms with Crippen LogP contribution in [0.25, 0.3) is 16.9 Å². The van der Waals surface area contributed by atoms with Gasteiger partial charge < -0.3 is 24.3 Å². The first kappa shape index (κ1) is 34.2. The van der Waals surface area contributed by atoms with E-state index in [4.69, 9.17) is 21.1 Å². The summed E-state index contributed by atoms with van der Waals surface area (Å²) in [5, 5.41) is 6.86. The van der Waals surface area contributed by atoms with Crippen LogP contribution in [0.5, 0.6) is 0 Å². The molecule has 0 unspecified atom stereocenters.